The molecule has 4 nitrogen and oxygen atoms in total. The summed E-state index contributed by atoms with van der Waals surface area (Å²) in [5.74, 6) is 1.41. The average Bonchev–Trinajstić information content (AvgIpc) is 2.31. The van der Waals surface area contributed by atoms with Gasteiger partial charge in [0.1, 0.15) is 12.1 Å². The van der Waals surface area contributed by atoms with Crippen LogP contribution in [-0.2, 0) is 9.59 Å². The molecule has 102 valence electrons. The maximum absolute atomic E-state index is 12.3. The number of amides is 2. The molecule has 0 radical (unpaired) electrons. The monoisotopic (exact) mass is 252 g/mol. The lowest BCUT2D eigenvalue weighted by atomic mass is 9.78. The van der Waals surface area contributed by atoms with E-state index in [1.165, 1.54) is 0 Å². The summed E-state index contributed by atoms with van der Waals surface area (Å²) in [5, 5.41) is 2.74. The second kappa shape index (κ2) is 4.90. The Labute approximate surface area is 109 Å². The number of hydrogen-bond acceptors (Lipinski definition) is 2. The first-order valence-electron chi connectivity index (χ1n) is 7.04. The van der Waals surface area contributed by atoms with Crippen molar-refractivity contribution in [3.63, 3.8) is 0 Å². The number of nitrogens with zero attached hydrogens (tertiary/aromatic N) is 1. The Hall–Kier alpha value is -1.06. The summed E-state index contributed by atoms with van der Waals surface area (Å²) < 4.78 is 0. The molecule has 2 rings (SSSR count). The zero-order chi connectivity index (χ0) is 13.4. The van der Waals surface area contributed by atoms with Gasteiger partial charge in [0.25, 0.3) is 0 Å². The predicted octanol–water partition coefficient (Wildman–Crippen LogP) is 1.55. The third-order valence-corrected chi connectivity index (χ3v) is 4.74. The van der Waals surface area contributed by atoms with E-state index >= 15 is 0 Å². The van der Waals surface area contributed by atoms with Crippen molar-refractivity contribution in [2.45, 2.75) is 65.1 Å². The molecule has 1 aliphatic heterocycles. The highest BCUT2D eigenvalue weighted by atomic mass is 16.2. The summed E-state index contributed by atoms with van der Waals surface area (Å²) in [7, 11) is 0. The molecular weight excluding hydrogens is 228 g/mol. The van der Waals surface area contributed by atoms with Crippen molar-refractivity contribution in [1.29, 1.82) is 0 Å². The second-order valence-corrected chi connectivity index (χ2v) is 6.07. The van der Waals surface area contributed by atoms with E-state index in [0.29, 0.717) is 5.92 Å². The Morgan fingerprint density at radius 3 is 2.33 bits per heavy atom. The van der Waals surface area contributed by atoms with E-state index in [4.69, 9.17) is 0 Å². The molecule has 18 heavy (non-hydrogen) atoms. The normalized spacial score (nSPS) is 41.8. The number of piperazine rings is 1. The van der Waals surface area contributed by atoms with Crippen molar-refractivity contribution in [1.82, 2.24) is 10.2 Å². The van der Waals surface area contributed by atoms with Crippen LogP contribution in [0.4, 0.5) is 0 Å². The van der Waals surface area contributed by atoms with E-state index in [1.807, 2.05) is 11.8 Å². The molecule has 0 aromatic rings. The summed E-state index contributed by atoms with van der Waals surface area (Å²) >= 11 is 0. The highest BCUT2D eigenvalue weighted by Gasteiger charge is 2.41. The molecule has 1 heterocycles. The Morgan fingerprint density at radius 1 is 1.06 bits per heavy atom. The van der Waals surface area contributed by atoms with Crippen LogP contribution in [0.25, 0.3) is 0 Å². The molecule has 4 heteroatoms. The fourth-order valence-electron chi connectivity index (χ4n) is 3.20. The zero-order valence-corrected chi connectivity index (χ0v) is 11.8. The van der Waals surface area contributed by atoms with Gasteiger partial charge in [0, 0.05) is 6.04 Å². The molecule has 1 aliphatic carbocycles. The third-order valence-electron chi connectivity index (χ3n) is 4.74. The summed E-state index contributed by atoms with van der Waals surface area (Å²) in [4.78, 5) is 26.0. The second-order valence-electron chi connectivity index (χ2n) is 6.07. The maximum Gasteiger partial charge on any atom is 0.245 e. The van der Waals surface area contributed by atoms with E-state index in [0.717, 1.165) is 25.2 Å². The Morgan fingerprint density at radius 2 is 1.72 bits per heavy atom. The van der Waals surface area contributed by atoms with Gasteiger partial charge < -0.3 is 10.2 Å². The lowest BCUT2D eigenvalue weighted by Crippen LogP contribution is -2.64. The highest BCUT2D eigenvalue weighted by Crippen LogP contribution is 2.33. The third kappa shape index (κ3) is 2.25. The molecule has 2 aliphatic rings. The van der Waals surface area contributed by atoms with Gasteiger partial charge in [-0.2, -0.15) is 0 Å². The molecule has 2 amide bonds. The SMILES string of the molecule is CC1NC(=O)C(C)N(C2CCC(C)C(C)C2)C1=O. The fourth-order valence-corrected chi connectivity index (χ4v) is 3.20. The van der Waals surface area contributed by atoms with Gasteiger partial charge in [-0.05, 0) is 44.9 Å². The molecule has 1 saturated heterocycles. The van der Waals surface area contributed by atoms with Crippen molar-refractivity contribution in [3.8, 4) is 0 Å². The lowest BCUT2D eigenvalue weighted by molar-refractivity contribution is -0.152. The van der Waals surface area contributed by atoms with E-state index in [1.54, 1.807) is 6.92 Å². The smallest absolute Gasteiger partial charge is 0.245 e. The van der Waals surface area contributed by atoms with Crippen molar-refractivity contribution >= 4 is 11.8 Å². The predicted molar refractivity (Wildman–Crippen MR) is 69.9 cm³/mol. The molecule has 1 saturated carbocycles. The Balaban J connectivity index is 2.15. The van der Waals surface area contributed by atoms with E-state index in [9.17, 15) is 9.59 Å². The molecule has 0 aromatic heterocycles. The molecule has 5 atom stereocenters. The van der Waals surface area contributed by atoms with Crippen molar-refractivity contribution in [2.75, 3.05) is 0 Å². The van der Waals surface area contributed by atoms with Crippen LogP contribution in [0, 0.1) is 11.8 Å². The Kier molecular flexibility index (Phi) is 3.64. The van der Waals surface area contributed by atoms with E-state index in [-0.39, 0.29) is 29.9 Å². The number of nitrogens with one attached hydrogen (secondary N) is 1. The van der Waals surface area contributed by atoms with Crippen LogP contribution in [0.2, 0.25) is 0 Å². The first-order valence-corrected chi connectivity index (χ1v) is 7.04. The van der Waals surface area contributed by atoms with Crippen molar-refractivity contribution in [2.24, 2.45) is 11.8 Å². The van der Waals surface area contributed by atoms with Crippen LogP contribution >= 0.6 is 0 Å². The van der Waals surface area contributed by atoms with Gasteiger partial charge in [-0.25, -0.2) is 0 Å². The molecule has 0 spiro atoms. The van der Waals surface area contributed by atoms with Crippen molar-refractivity contribution in [3.05, 3.63) is 0 Å². The van der Waals surface area contributed by atoms with Crippen LogP contribution in [0.15, 0.2) is 0 Å². The van der Waals surface area contributed by atoms with Gasteiger partial charge in [0.05, 0.1) is 0 Å². The number of carbonyl (C=O) groups is 2. The minimum absolute atomic E-state index is 0.0200. The van der Waals surface area contributed by atoms with Gasteiger partial charge >= 0.3 is 0 Å². The summed E-state index contributed by atoms with van der Waals surface area (Å²) in [6.45, 7) is 8.13. The van der Waals surface area contributed by atoms with Crippen LogP contribution < -0.4 is 5.32 Å². The molecule has 1 N–H and O–H groups in total. The lowest BCUT2D eigenvalue weighted by Gasteiger charge is -2.45. The van der Waals surface area contributed by atoms with Gasteiger partial charge in [0.2, 0.25) is 11.8 Å². The molecule has 2 fully saturated rings. The van der Waals surface area contributed by atoms with Crippen LogP contribution in [0.1, 0.15) is 47.0 Å². The molecular formula is C14H24N2O2. The van der Waals surface area contributed by atoms with Crippen LogP contribution in [0.5, 0.6) is 0 Å². The standard InChI is InChI=1S/C14H24N2O2/c1-8-5-6-12(7-9(8)2)16-11(4)13(17)15-10(3)14(16)18/h8-12H,5-7H2,1-4H3,(H,15,17). The summed E-state index contributed by atoms with van der Waals surface area (Å²) in [6, 6.07) is -0.449. The van der Waals surface area contributed by atoms with E-state index < -0.39 is 0 Å². The van der Waals surface area contributed by atoms with Crippen LogP contribution in [-0.4, -0.2) is 34.8 Å². The Bertz CT molecular complexity index is 356. The van der Waals surface area contributed by atoms with Gasteiger partial charge in [-0.15, -0.1) is 0 Å². The molecule has 0 aromatic carbocycles. The van der Waals surface area contributed by atoms with Gasteiger partial charge in [0.15, 0.2) is 0 Å². The summed E-state index contributed by atoms with van der Waals surface area (Å²) in [6.07, 6.45) is 3.21. The quantitative estimate of drug-likeness (QED) is 0.769. The number of carbonyl (C=O) groups excluding carboxylic acids is 2. The molecule has 0 bridgehead atoms. The largest absolute Gasteiger partial charge is 0.343 e. The minimum atomic E-state index is -0.372. The van der Waals surface area contributed by atoms with Crippen molar-refractivity contribution < 1.29 is 9.59 Å². The van der Waals surface area contributed by atoms with E-state index in [2.05, 4.69) is 19.2 Å². The molecule has 5 unspecified atom stereocenters. The summed E-state index contributed by atoms with van der Waals surface area (Å²) in [5.41, 5.74) is 0. The van der Waals surface area contributed by atoms with Gasteiger partial charge in [-0.3, -0.25) is 9.59 Å². The first-order chi connectivity index (χ1) is 8.41. The van der Waals surface area contributed by atoms with Gasteiger partial charge in [-0.1, -0.05) is 13.8 Å². The number of hydrogen-bond donors (Lipinski definition) is 1. The first kappa shape index (κ1) is 13.4. The average molecular weight is 252 g/mol. The topological polar surface area (TPSA) is 49.4 Å². The van der Waals surface area contributed by atoms with Crippen LogP contribution in [0.3, 0.4) is 0 Å². The minimum Gasteiger partial charge on any atom is -0.343 e. The maximum atomic E-state index is 12.3. The highest BCUT2D eigenvalue weighted by molar-refractivity contribution is 5.96. The fraction of sp³-hybridized carbons (Fsp3) is 0.857. The number of rotatable bonds is 1. The zero-order valence-electron chi connectivity index (χ0n) is 11.8.